The molecule has 0 amide bonds. The molecule has 0 heterocycles. The Morgan fingerprint density at radius 1 is 1.29 bits per heavy atom. The molecule has 0 aromatic heterocycles. The summed E-state index contributed by atoms with van der Waals surface area (Å²) in [5.74, 6) is -0.794. The molecular weight excluding hydrogens is 312 g/mol. The topological polar surface area (TPSA) is 102 Å². The van der Waals surface area contributed by atoms with Crippen LogP contribution in [0.3, 0.4) is 0 Å². The van der Waals surface area contributed by atoms with Crippen LogP contribution in [0, 0.1) is 10.1 Å². The first-order valence-corrected chi connectivity index (χ1v) is 7.55. The molecule has 0 saturated heterocycles. The lowest BCUT2D eigenvalue weighted by molar-refractivity contribution is -0.385. The van der Waals surface area contributed by atoms with Gasteiger partial charge in [0.1, 0.15) is 5.75 Å². The Morgan fingerprint density at radius 3 is 2.58 bits per heavy atom. The van der Waals surface area contributed by atoms with Crippen molar-refractivity contribution in [3.8, 4) is 11.5 Å². The molecule has 0 aliphatic rings. The Kier molecular flexibility index (Phi) is 5.73. The van der Waals surface area contributed by atoms with Gasteiger partial charge in [-0.05, 0) is 24.6 Å². The van der Waals surface area contributed by atoms with E-state index in [1.807, 2.05) is 6.92 Å². The van der Waals surface area contributed by atoms with Crippen molar-refractivity contribution in [3.05, 3.63) is 58.1 Å². The fraction of sp³-hybridized carbons (Fsp3) is 0.235. The molecule has 0 spiro atoms. The predicted octanol–water partition coefficient (Wildman–Crippen LogP) is 4.30. The molecule has 2 aromatic rings. The molecule has 2 aromatic carbocycles. The van der Waals surface area contributed by atoms with Gasteiger partial charge < -0.3 is 15.2 Å². The number of hydrogen-bond acceptors (Lipinski definition) is 5. The Morgan fingerprint density at radius 2 is 2.00 bits per heavy atom. The largest absolute Gasteiger partial charge is 0.478 e. The maximum absolute atomic E-state index is 11.4. The van der Waals surface area contributed by atoms with Crippen molar-refractivity contribution in [1.82, 2.24) is 0 Å². The van der Waals surface area contributed by atoms with Gasteiger partial charge in [-0.1, -0.05) is 31.5 Å². The van der Waals surface area contributed by atoms with Crippen LogP contribution in [0.25, 0.3) is 0 Å². The third kappa shape index (κ3) is 4.22. The van der Waals surface area contributed by atoms with E-state index in [4.69, 9.17) is 4.74 Å². The van der Waals surface area contributed by atoms with Gasteiger partial charge in [0.15, 0.2) is 0 Å². The SMILES string of the molecule is CCCCNc1cc(C(=O)O)cc([N+](=O)[O-])c1Oc1ccccc1. The standard InChI is InChI=1S/C17H18N2O5/c1-2-3-9-18-14-10-12(17(20)21)11-15(19(22)23)16(14)24-13-7-5-4-6-8-13/h4-8,10-11,18H,2-3,9H2,1H3,(H,20,21). The summed E-state index contributed by atoms with van der Waals surface area (Å²) in [5.41, 5.74) is -0.266. The molecule has 0 radical (unpaired) electrons. The van der Waals surface area contributed by atoms with E-state index in [2.05, 4.69) is 5.32 Å². The Balaban J connectivity index is 2.49. The molecule has 0 fully saturated rings. The van der Waals surface area contributed by atoms with Crippen LogP contribution < -0.4 is 10.1 Å². The maximum atomic E-state index is 11.4. The van der Waals surface area contributed by atoms with Gasteiger partial charge in [0.2, 0.25) is 5.75 Å². The number of nitro groups is 1. The lowest BCUT2D eigenvalue weighted by atomic mass is 10.1. The molecular formula is C17H18N2O5. The number of carboxylic acid groups (broad SMARTS) is 1. The first-order chi connectivity index (χ1) is 11.5. The zero-order chi connectivity index (χ0) is 17.5. The molecule has 0 unspecified atom stereocenters. The molecule has 0 aliphatic carbocycles. The number of unbranched alkanes of at least 4 members (excludes halogenated alkanes) is 1. The number of carbonyl (C=O) groups is 1. The van der Waals surface area contributed by atoms with E-state index in [0.717, 1.165) is 18.9 Å². The fourth-order valence-electron chi connectivity index (χ4n) is 2.12. The van der Waals surface area contributed by atoms with Gasteiger partial charge in [0.25, 0.3) is 0 Å². The van der Waals surface area contributed by atoms with E-state index in [1.165, 1.54) is 6.07 Å². The minimum Gasteiger partial charge on any atom is -0.478 e. The molecule has 7 nitrogen and oxygen atoms in total. The summed E-state index contributed by atoms with van der Waals surface area (Å²) in [4.78, 5) is 22.0. The van der Waals surface area contributed by atoms with Gasteiger partial charge in [-0.15, -0.1) is 0 Å². The summed E-state index contributed by atoms with van der Waals surface area (Å²) < 4.78 is 5.67. The minimum absolute atomic E-state index is 0.00676. The number of nitrogens with one attached hydrogen (secondary N) is 1. The van der Waals surface area contributed by atoms with Crippen LogP contribution in [0.1, 0.15) is 30.1 Å². The van der Waals surface area contributed by atoms with E-state index in [0.29, 0.717) is 18.0 Å². The molecule has 7 heteroatoms. The predicted molar refractivity (Wildman–Crippen MR) is 90.0 cm³/mol. The summed E-state index contributed by atoms with van der Waals surface area (Å²) in [5, 5.41) is 23.6. The number of nitrogens with zero attached hydrogens (tertiary/aromatic N) is 1. The normalized spacial score (nSPS) is 10.2. The van der Waals surface area contributed by atoms with Gasteiger partial charge in [-0.2, -0.15) is 0 Å². The van der Waals surface area contributed by atoms with Gasteiger partial charge in [-0.25, -0.2) is 4.79 Å². The number of nitro benzene ring substituents is 1. The van der Waals surface area contributed by atoms with E-state index in [-0.39, 0.29) is 11.3 Å². The summed E-state index contributed by atoms with van der Waals surface area (Å²) in [6, 6.07) is 11.0. The van der Waals surface area contributed by atoms with Crippen molar-refractivity contribution in [2.45, 2.75) is 19.8 Å². The van der Waals surface area contributed by atoms with Gasteiger partial charge in [0, 0.05) is 12.6 Å². The van der Waals surface area contributed by atoms with Gasteiger partial charge >= 0.3 is 11.7 Å². The highest BCUT2D eigenvalue weighted by molar-refractivity contribution is 5.91. The zero-order valence-electron chi connectivity index (χ0n) is 13.2. The average Bonchev–Trinajstić information content (AvgIpc) is 2.56. The number of carboxylic acids is 1. The van der Waals surface area contributed by atoms with Gasteiger partial charge in [-0.3, -0.25) is 10.1 Å². The van der Waals surface area contributed by atoms with Crippen LogP contribution in [-0.2, 0) is 0 Å². The van der Waals surface area contributed by atoms with Crippen LogP contribution >= 0.6 is 0 Å². The molecule has 0 atom stereocenters. The number of hydrogen-bond donors (Lipinski definition) is 2. The second kappa shape index (κ2) is 7.96. The molecule has 0 bridgehead atoms. The van der Waals surface area contributed by atoms with E-state index >= 15 is 0 Å². The highest BCUT2D eigenvalue weighted by Gasteiger charge is 2.24. The molecule has 2 N–H and O–H groups in total. The van der Waals surface area contributed by atoms with Crippen LogP contribution in [0.4, 0.5) is 11.4 Å². The third-order valence-corrected chi connectivity index (χ3v) is 3.32. The first kappa shape index (κ1) is 17.3. The Bertz CT molecular complexity index is 731. The van der Waals surface area contributed by atoms with Crippen molar-refractivity contribution in [2.75, 3.05) is 11.9 Å². The second-order valence-corrected chi connectivity index (χ2v) is 5.13. The van der Waals surface area contributed by atoms with Crippen LogP contribution in [0.15, 0.2) is 42.5 Å². The van der Waals surface area contributed by atoms with E-state index < -0.39 is 16.6 Å². The smallest absolute Gasteiger partial charge is 0.336 e. The Labute approximate surface area is 139 Å². The number of rotatable bonds is 8. The number of aromatic carboxylic acids is 1. The lowest BCUT2D eigenvalue weighted by Gasteiger charge is -2.14. The lowest BCUT2D eigenvalue weighted by Crippen LogP contribution is -2.07. The summed E-state index contributed by atoms with van der Waals surface area (Å²) in [6.07, 6.45) is 1.78. The summed E-state index contributed by atoms with van der Waals surface area (Å²) in [7, 11) is 0. The van der Waals surface area contributed by atoms with Crippen molar-refractivity contribution >= 4 is 17.3 Å². The summed E-state index contributed by atoms with van der Waals surface area (Å²) >= 11 is 0. The van der Waals surface area contributed by atoms with Crippen LogP contribution in [0.5, 0.6) is 11.5 Å². The van der Waals surface area contributed by atoms with Crippen molar-refractivity contribution in [2.24, 2.45) is 0 Å². The van der Waals surface area contributed by atoms with Crippen LogP contribution in [0.2, 0.25) is 0 Å². The number of benzene rings is 2. The molecule has 2 rings (SSSR count). The fourth-order valence-corrected chi connectivity index (χ4v) is 2.12. The van der Waals surface area contributed by atoms with Crippen molar-refractivity contribution < 1.29 is 19.6 Å². The van der Waals surface area contributed by atoms with Crippen LogP contribution in [-0.4, -0.2) is 22.5 Å². The average molecular weight is 330 g/mol. The minimum atomic E-state index is -1.23. The monoisotopic (exact) mass is 330 g/mol. The number of ether oxygens (including phenoxy) is 1. The third-order valence-electron chi connectivity index (χ3n) is 3.32. The molecule has 24 heavy (non-hydrogen) atoms. The highest BCUT2D eigenvalue weighted by atomic mass is 16.6. The van der Waals surface area contributed by atoms with Crippen molar-refractivity contribution in [1.29, 1.82) is 0 Å². The molecule has 126 valence electrons. The number of para-hydroxylation sites is 1. The summed E-state index contributed by atoms with van der Waals surface area (Å²) in [6.45, 7) is 2.57. The molecule has 0 saturated carbocycles. The first-order valence-electron chi connectivity index (χ1n) is 7.55. The quantitative estimate of drug-likeness (QED) is 0.425. The van der Waals surface area contributed by atoms with E-state index in [9.17, 15) is 20.0 Å². The maximum Gasteiger partial charge on any atom is 0.336 e. The zero-order valence-corrected chi connectivity index (χ0v) is 13.2. The molecule has 0 aliphatic heterocycles. The van der Waals surface area contributed by atoms with Gasteiger partial charge in [0.05, 0.1) is 16.2 Å². The van der Waals surface area contributed by atoms with E-state index in [1.54, 1.807) is 30.3 Å². The number of anilines is 1. The van der Waals surface area contributed by atoms with Crippen molar-refractivity contribution in [3.63, 3.8) is 0 Å². The Hall–Kier alpha value is -3.09. The highest BCUT2D eigenvalue weighted by Crippen LogP contribution is 2.39. The second-order valence-electron chi connectivity index (χ2n) is 5.13.